The minimum Gasteiger partial charge on any atom is -0.456 e. The number of pyridine rings is 1. The van der Waals surface area contributed by atoms with Crippen LogP contribution in [0.2, 0.25) is 0 Å². The Kier molecular flexibility index (Phi) is 6.18. The van der Waals surface area contributed by atoms with Gasteiger partial charge in [-0.1, -0.05) is 121 Å². The molecule has 0 saturated carbocycles. The van der Waals surface area contributed by atoms with Crippen molar-refractivity contribution in [2.45, 2.75) is 6.17 Å². The van der Waals surface area contributed by atoms with Gasteiger partial charge in [-0.3, -0.25) is 4.98 Å². The summed E-state index contributed by atoms with van der Waals surface area (Å²) < 4.78 is 6.56. The molecule has 3 heterocycles. The number of nitrogens with one attached hydrogen (secondary N) is 1. The SMILES string of the molecule is c1ccc(C2N=C(c3nccc4oc5cc(-c6cc7ccccc7c7ccccc67)ccc5c34)N=C(c3ccc4ccccc4c3)N2)cc1. The summed E-state index contributed by atoms with van der Waals surface area (Å²) in [4.78, 5) is 15.1. The molecule has 5 heteroatoms. The van der Waals surface area contributed by atoms with Crippen molar-refractivity contribution in [1.82, 2.24) is 10.3 Å². The standard InChI is InChI=1S/C44H28N4O/c1-2-11-28(12-3-1)42-46-43(32-19-18-27-10-4-5-13-29(27)24-32)48-44(47-42)41-40-36-21-20-31(26-39(36)49-38(40)22-23-45-41)37-25-30-14-6-7-15-33(30)34-16-8-9-17-35(34)37/h1-26,42H,(H,46,47,48). The Balaban J connectivity index is 1.14. The van der Waals surface area contributed by atoms with Gasteiger partial charge in [-0.15, -0.1) is 0 Å². The summed E-state index contributed by atoms with van der Waals surface area (Å²) in [6.07, 6.45) is 1.45. The molecule has 10 rings (SSSR count). The third kappa shape index (κ3) is 4.59. The molecular formula is C44H28N4O. The molecule has 0 radical (unpaired) electrons. The van der Waals surface area contributed by atoms with E-state index < -0.39 is 0 Å². The van der Waals surface area contributed by atoms with Crippen LogP contribution in [0.3, 0.4) is 0 Å². The fourth-order valence-electron chi connectivity index (χ4n) is 7.19. The molecular weight excluding hydrogens is 601 g/mol. The summed E-state index contributed by atoms with van der Waals surface area (Å²) in [6, 6.07) is 52.9. The van der Waals surface area contributed by atoms with Crippen LogP contribution in [0, 0.1) is 0 Å². The summed E-state index contributed by atoms with van der Waals surface area (Å²) in [5.74, 6) is 1.32. The van der Waals surface area contributed by atoms with Gasteiger partial charge in [0.1, 0.15) is 28.9 Å². The molecule has 9 aromatic rings. The molecule has 2 aromatic heterocycles. The third-order valence-electron chi connectivity index (χ3n) is 9.56. The third-order valence-corrected chi connectivity index (χ3v) is 9.56. The lowest BCUT2D eigenvalue weighted by molar-refractivity contribution is 0.667. The normalized spacial score (nSPS) is 14.7. The molecule has 0 amide bonds. The average molecular weight is 629 g/mol. The van der Waals surface area contributed by atoms with Crippen molar-refractivity contribution >= 4 is 65.9 Å². The van der Waals surface area contributed by atoms with Crippen molar-refractivity contribution < 1.29 is 4.42 Å². The molecule has 5 nitrogen and oxygen atoms in total. The van der Waals surface area contributed by atoms with Crippen LogP contribution in [0.4, 0.5) is 0 Å². The first-order valence-corrected chi connectivity index (χ1v) is 16.5. The van der Waals surface area contributed by atoms with Crippen molar-refractivity contribution in [1.29, 1.82) is 0 Å². The molecule has 49 heavy (non-hydrogen) atoms. The van der Waals surface area contributed by atoms with Gasteiger partial charge < -0.3 is 9.73 Å². The molecule has 7 aromatic carbocycles. The molecule has 1 aliphatic rings. The lowest BCUT2D eigenvalue weighted by atomic mass is 9.93. The van der Waals surface area contributed by atoms with Gasteiger partial charge in [-0.05, 0) is 79.3 Å². The predicted octanol–water partition coefficient (Wildman–Crippen LogP) is 10.6. The van der Waals surface area contributed by atoms with Gasteiger partial charge >= 0.3 is 0 Å². The van der Waals surface area contributed by atoms with Crippen molar-refractivity contribution in [3.63, 3.8) is 0 Å². The van der Waals surface area contributed by atoms with Crippen LogP contribution in [0.25, 0.3) is 65.4 Å². The number of amidine groups is 2. The highest BCUT2D eigenvalue weighted by Gasteiger charge is 2.25. The second kappa shape index (κ2) is 11.0. The molecule has 0 saturated heterocycles. The summed E-state index contributed by atoms with van der Waals surface area (Å²) >= 11 is 0. The Hall–Kier alpha value is -6.59. The zero-order valence-corrected chi connectivity index (χ0v) is 26.3. The zero-order chi connectivity index (χ0) is 32.3. The van der Waals surface area contributed by atoms with Crippen LogP contribution in [0.1, 0.15) is 23.0 Å². The Morgan fingerprint density at radius 3 is 2.14 bits per heavy atom. The van der Waals surface area contributed by atoms with Gasteiger partial charge in [0.15, 0.2) is 5.84 Å². The summed E-state index contributed by atoms with van der Waals surface area (Å²) in [5.41, 5.74) is 6.55. The fraction of sp³-hybridized carbons (Fsp3) is 0.0227. The van der Waals surface area contributed by atoms with Gasteiger partial charge in [0, 0.05) is 17.1 Å². The van der Waals surface area contributed by atoms with E-state index in [4.69, 9.17) is 19.4 Å². The van der Waals surface area contributed by atoms with E-state index >= 15 is 0 Å². The van der Waals surface area contributed by atoms with Crippen molar-refractivity contribution in [2.75, 3.05) is 0 Å². The Labute approximate surface area is 281 Å². The van der Waals surface area contributed by atoms with Crippen molar-refractivity contribution in [3.8, 4) is 11.1 Å². The maximum absolute atomic E-state index is 6.56. The first-order chi connectivity index (χ1) is 24.3. The maximum Gasteiger partial charge on any atom is 0.178 e. The minimum atomic E-state index is -0.335. The van der Waals surface area contributed by atoms with Gasteiger partial charge in [0.2, 0.25) is 0 Å². The van der Waals surface area contributed by atoms with Crippen LogP contribution in [0.15, 0.2) is 172 Å². The van der Waals surface area contributed by atoms with Gasteiger partial charge in [0.25, 0.3) is 0 Å². The number of hydrogen-bond acceptors (Lipinski definition) is 5. The van der Waals surface area contributed by atoms with Gasteiger partial charge in [-0.25, -0.2) is 9.98 Å². The van der Waals surface area contributed by atoms with E-state index in [1.807, 2.05) is 24.3 Å². The molecule has 1 atom stereocenters. The lowest BCUT2D eigenvalue weighted by Crippen LogP contribution is -2.33. The maximum atomic E-state index is 6.56. The van der Waals surface area contributed by atoms with E-state index in [1.54, 1.807) is 6.20 Å². The molecule has 0 fully saturated rings. The summed E-state index contributed by atoms with van der Waals surface area (Å²) in [7, 11) is 0. The van der Waals surface area contributed by atoms with E-state index in [0.29, 0.717) is 11.5 Å². The second-order valence-electron chi connectivity index (χ2n) is 12.5. The molecule has 230 valence electrons. The molecule has 0 bridgehead atoms. The van der Waals surface area contributed by atoms with E-state index in [2.05, 4.69) is 133 Å². The van der Waals surface area contributed by atoms with Gasteiger partial charge in [0.05, 0.1) is 5.39 Å². The van der Waals surface area contributed by atoms with Crippen molar-refractivity contribution in [2.24, 2.45) is 9.98 Å². The average Bonchev–Trinajstić information content (AvgIpc) is 3.56. The Bertz CT molecular complexity index is 2810. The first-order valence-electron chi connectivity index (χ1n) is 16.5. The highest BCUT2D eigenvalue weighted by atomic mass is 16.3. The number of furan rings is 1. The minimum absolute atomic E-state index is 0.335. The smallest absolute Gasteiger partial charge is 0.178 e. The summed E-state index contributed by atoms with van der Waals surface area (Å²) in [6.45, 7) is 0. The predicted molar refractivity (Wildman–Crippen MR) is 201 cm³/mol. The Morgan fingerprint density at radius 2 is 1.27 bits per heavy atom. The fourth-order valence-corrected chi connectivity index (χ4v) is 7.19. The number of benzene rings is 7. The van der Waals surface area contributed by atoms with Crippen LogP contribution >= 0.6 is 0 Å². The van der Waals surface area contributed by atoms with E-state index in [1.165, 1.54) is 32.5 Å². The van der Waals surface area contributed by atoms with E-state index in [-0.39, 0.29) is 6.17 Å². The summed E-state index contributed by atoms with van der Waals surface area (Å²) in [5, 5.41) is 12.7. The van der Waals surface area contributed by atoms with Crippen LogP contribution < -0.4 is 5.32 Å². The molecule has 0 aliphatic carbocycles. The highest BCUT2D eigenvalue weighted by molar-refractivity contribution is 6.21. The number of nitrogens with zero attached hydrogens (tertiary/aromatic N) is 3. The zero-order valence-electron chi connectivity index (χ0n) is 26.3. The van der Waals surface area contributed by atoms with Crippen LogP contribution in [0.5, 0.6) is 0 Å². The highest BCUT2D eigenvalue weighted by Crippen LogP contribution is 2.39. The molecule has 1 unspecified atom stereocenters. The number of hydrogen-bond donors (Lipinski definition) is 1. The van der Waals surface area contributed by atoms with E-state index in [9.17, 15) is 0 Å². The molecule has 1 N–H and O–H groups in total. The van der Waals surface area contributed by atoms with Crippen LogP contribution in [-0.2, 0) is 0 Å². The van der Waals surface area contributed by atoms with Crippen LogP contribution in [-0.4, -0.2) is 16.7 Å². The van der Waals surface area contributed by atoms with Crippen molar-refractivity contribution in [3.05, 3.63) is 175 Å². The topological polar surface area (TPSA) is 62.8 Å². The van der Waals surface area contributed by atoms with Gasteiger partial charge in [-0.2, -0.15) is 0 Å². The Morgan fingerprint density at radius 1 is 0.531 bits per heavy atom. The quantitative estimate of drug-likeness (QED) is 0.197. The monoisotopic (exact) mass is 628 g/mol. The lowest BCUT2D eigenvalue weighted by Gasteiger charge is -2.23. The number of fused-ring (bicyclic) bond motifs is 7. The number of aliphatic imine (C=N–C) groups is 2. The second-order valence-corrected chi connectivity index (χ2v) is 12.5. The largest absolute Gasteiger partial charge is 0.456 e. The molecule has 1 aliphatic heterocycles. The number of rotatable bonds is 4. The van der Waals surface area contributed by atoms with E-state index in [0.717, 1.165) is 49.9 Å². The number of aromatic nitrogens is 1. The first kappa shape index (κ1) is 27.5. The molecule has 0 spiro atoms.